The highest BCUT2D eigenvalue weighted by Crippen LogP contribution is 2.05. The molecule has 0 saturated carbocycles. The maximum atomic E-state index is 11.6. The van der Waals surface area contributed by atoms with Crippen molar-refractivity contribution in [3.63, 3.8) is 0 Å². The number of Topliss-reactive ketones (excluding diaryl/α,β-unsaturated/α-hetero) is 3. The Balaban J connectivity index is -0.00000120. The Morgan fingerprint density at radius 2 is 0.559 bits per heavy atom. The van der Waals surface area contributed by atoms with E-state index >= 15 is 0 Å². The number of hydrogen-bond acceptors (Lipinski definition) is 27. The molecule has 9 aromatic heterocycles. The Morgan fingerprint density at radius 3 is 0.784 bits per heavy atom. The van der Waals surface area contributed by atoms with Crippen LogP contribution in [0, 0.1) is 0 Å². The van der Waals surface area contributed by atoms with Crippen molar-refractivity contribution < 1.29 is 101 Å². The Labute approximate surface area is 639 Å². The molecule has 576 valence electrons. The molecule has 0 aromatic carbocycles. The fourth-order valence-electron chi connectivity index (χ4n) is 6.44. The van der Waals surface area contributed by atoms with Gasteiger partial charge in [0.15, 0.2) is 47.3 Å². The molecule has 9 rings (SSSR count). The van der Waals surface area contributed by atoms with E-state index in [2.05, 4.69) is 59.1 Å². The number of carbonyl (C=O) groups is 15. The zero-order valence-corrected chi connectivity index (χ0v) is 57.1. The number of hydrogen-bond donors (Lipinski definition) is 3. The number of carboxylic acids is 3. The van der Waals surface area contributed by atoms with Gasteiger partial charge in [-0.2, -0.15) is 0 Å². The number of aliphatic carboxylic acids is 3. The summed E-state index contributed by atoms with van der Waals surface area (Å²) in [4.78, 5) is 189. The van der Waals surface area contributed by atoms with Crippen LogP contribution in [-0.4, -0.2) is 171 Å². The van der Waals surface area contributed by atoms with E-state index in [0.717, 1.165) is 52.5 Å². The van der Waals surface area contributed by atoms with Crippen LogP contribution in [0.15, 0.2) is 257 Å². The van der Waals surface area contributed by atoms with Gasteiger partial charge in [-0.15, -0.1) is 0 Å². The van der Waals surface area contributed by atoms with Crippen LogP contribution in [0.1, 0.15) is 106 Å². The van der Waals surface area contributed by atoms with E-state index in [1.54, 1.807) is 166 Å². The van der Waals surface area contributed by atoms with Gasteiger partial charge in [0, 0.05) is 104 Å². The Morgan fingerprint density at radius 1 is 0.279 bits per heavy atom. The first-order valence-electron chi connectivity index (χ1n) is 30.9. The van der Waals surface area contributed by atoms with Crippen LogP contribution in [0.25, 0.3) is 36.5 Å². The number of allylic oxidation sites excluding steroid dienone is 6. The molecule has 0 atom stereocenters. The largest absolute Gasteiger partial charge is 0.481 e. The molecule has 0 saturated heterocycles. The highest BCUT2D eigenvalue weighted by atomic mass is 16.5. The quantitative estimate of drug-likeness (QED) is 0.0163. The van der Waals surface area contributed by atoms with Gasteiger partial charge in [0.05, 0.1) is 11.4 Å². The first-order chi connectivity index (χ1) is 52.3. The molecular weight excluding hydrogens is 1430 g/mol. The third kappa shape index (κ3) is 59.7. The normalized spacial score (nSPS) is 9.51. The van der Waals surface area contributed by atoms with Crippen molar-refractivity contribution in [1.29, 1.82) is 0 Å². The number of carboxylic acid groups (broad SMARTS) is 3. The minimum Gasteiger partial charge on any atom is -0.481 e. The summed E-state index contributed by atoms with van der Waals surface area (Å²) in [5.74, 6) is -5.75. The second-order valence-electron chi connectivity index (χ2n) is 19.6. The molecule has 30 nitrogen and oxygen atoms in total. The van der Waals surface area contributed by atoms with Crippen molar-refractivity contribution in [2.24, 2.45) is 0 Å². The summed E-state index contributed by atoms with van der Waals surface area (Å²) in [6.07, 6.45) is 44.8. The van der Waals surface area contributed by atoms with Gasteiger partial charge in [-0.1, -0.05) is 64.8 Å². The van der Waals surface area contributed by atoms with Gasteiger partial charge >= 0.3 is 17.9 Å². The van der Waals surface area contributed by atoms with Crippen molar-refractivity contribution in [3.05, 3.63) is 307 Å². The molecule has 0 unspecified atom stereocenters. The van der Waals surface area contributed by atoms with E-state index in [-0.39, 0.29) is 59.0 Å². The zero-order chi connectivity index (χ0) is 79.3. The van der Waals surface area contributed by atoms with Crippen LogP contribution >= 0.6 is 0 Å². The number of rotatable bonds is 30. The summed E-state index contributed by atoms with van der Waals surface area (Å²) in [5.41, 5.74) is 7.00. The van der Waals surface area contributed by atoms with E-state index in [0.29, 0.717) is 16.8 Å². The van der Waals surface area contributed by atoms with E-state index in [1.165, 1.54) is 42.7 Å². The van der Waals surface area contributed by atoms with Crippen LogP contribution in [-0.2, 0) is 71.7 Å². The predicted octanol–water partition coefficient (Wildman–Crippen LogP) is 10.5. The third-order valence-corrected chi connectivity index (χ3v) is 11.2. The SMILES string of the molecule is C.C.C.O=C(/C=C/c1ccccn1)/C=C/c1ccccn1.O=C(/C=C/c1cccnc1)/C=C/c1cccnc1.O=C(/C=C/c1ccncc1)/C=C/c1ccncc1.O=COCC(=O)CC(=O)O.O=COCC(=O)CC(=O)O.O=COCC(=O)CC(=O)O.O=Cc1ccccn1.O=Cc1cccnc1.O=Cc1ccncc1. The first-order valence-corrected chi connectivity index (χ1v) is 30.9. The summed E-state index contributed by atoms with van der Waals surface area (Å²) >= 11 is 0. The maximum Gasteiger partial charge on any atom is 0.311 e. The molecule has 0 amide bonds. The molecule has 0 fully saturated rings. The number of nitrogens with zero attached hydrogens (tertiary/aromatic N) is 9. The lowest BCUT2D eigenvalue weighted by atomic mass is 10.2. The van der Waals surface area contributed by atoms with Gasteiger partial charge in [-0.05, 0) is 180 Å². The second-order valence-corrected chi connectivity index (χ2v) is 19.6. The van der Waals surface area contributed by atoms with Crippen LogP contribution in [0.5, 0.6) is 0 Å². The maximum absolute atomic E-state index is 11.6. The van der Waals surface area contributed by atoms with Gasteiger partial charge in [0.25, 0.3) is 19.4 Å². The molecule has 0 aliphatic carbocycles. The Bertz CT molecular complexity index is 3740. The number of aromatic nitrogens is 9. The second kappa shape index (κ2) is 67.8. The average Bonchev–Trinajstić information content (AvgIpc) is 0.945. The van der Waals surface area contributed by atoms with Crippen LogP contribution in [0.4, 0.5) is 0 Å². The molecule has 0 bridgehead atoms. The highest BCUT2D eigenvalue weighted by molar-refractivity contribution is 6.06. The lowest BCUT2D eigenvalue weighted by molar-refractivity contribution is -0.144. The smallest absolute Gasteiger partial charge is 0.311 e. The number of aldehydes is 3. The number of ether oxygens (including phenoxy) is 3. The van der Waals surface area contributed by atoms with Crippen molar-refractivity contribution in [1.82, 2.24) is 44.9 Å². The third-order valence-electron chi connectivity index (χ3n) is 11.2. The molecule has 3 N–H and O–H groups in total. The molecular formula is C81H81N9O21. The zero-order valence-electron chi connectivity index (χ0n) is 57.1. The summed E-state index contributed by atoms with van der Waals surface area (Å²) in [6, 6.07) is 37.9. The summed E-state index contributed by atoms with van der Waals surface area (Å²) in [5, 5.41) is 24.1. The Hall–Kier alpha value is -15.4. The van der Waals surface area contributed by atoms with Crippen molar-refractivity contribution in [2.45, 2.75) is 41.5 Å². The molecule has 30 heteroatoms. The topological polar surface area (TPSA) is 460 Å². The van der Waals surface area contributed by atoms with Gasteiger partial charge in [0.2, 0.25) is 0 Å². The summed E-state index contributed by atoms with van der Waals surface area (Å²) in [7, 11) is 0. The lowest BCUT2D eigenvalue weighted by Crippen LogP contribution is -2.12. The van der Waals surface area contributed by atoms with Gasteiger partial charge in [-0.25, -0.2) is 0 Å². The monoisotopic (exact) mass is 1520 g/mol. The van der Waals surface area contributed by atoms with Crippen molar-refractivity contribution in [2.75, 3.05) is 19.8 Å². The number of carbonyl (C=O) groups excluding carboxylic acids is 12. The van der Waals surface area contributed by atoms with E-state index in [1.807, 2.05) is 84.9 Å². The molecule has 111 heavy (non-hydrogen) atoms. The number of ketones is 6. The van der Waals surface area contributed by atoms with E-state index in [4.69, 9.17) is 15.3 Å². The van der Waals surface area contributed by atoms with Crippen LogP contribution in [0.3, 0.4) is 0 Å². The predicted molar refractivity (Wildman–Crippen MR) is 412 cm³/mol. The molecule has 0 spiro atoms. The minimum atomic E-state index is -1.22. The lowest BCUT2D eigenvalue weighted by Gasteiger charge is -1.92. The molecule has 0 aliphatic rings. The standard InChI is InChI=1S/3C15H12N2O.3C6H5NO.3C5H6O5.3CH4/c18-15(3-1-13-5-9-16-10-6-13)4-2-14-7-11-17-12-8-14;18-15(7-5-13-3-1-9-16-11-13)8-6-14-4-2-10-17-12-14;18-15(9-7-13-5-1-3-11-16-13)10-8-14-6-2-4-12-17-14;8-5-6-1-3-7-4-2-6;8-5-6-2-1-3-7-4-6;8-5-6-3-1-2-4-7-6;3*6-3-10-2-4(7)1-5(8)9;;;/h3*1-12H;3*1-5H;3*3H,1-2H2,(H,8,9);3*1H4/b3-1+,4-2+;7-5+,8-6+;9-7+,10-8+;;;;;;;;;. The van der Waals surface area contributed by atoms with Crippen molar-refractivity contribution in [3.8, 4) is 0 Å². The molecule has 9 heterocycles. The summed E-state index contributed by atoms with van der Waals surface area (Å²) in [6.45, 7) is -1.10. The van der Waals surface area contributed by atoms with Crippen molar-refractivity contribution >= 4 is 127 Å². The minimum absolute atomic E-state index is 0. The number of pyridine rings is 9. The van der Waals surface area contributed by atoms with Gasteiger partial charge < -0.3 is 29.5 Å². The van der Waals surface area contributed by atoms with E-state index in [9.17, 15) is 71.9 Å². The fourth-order valence-corrected chi connectivity index (χ4v) is 6.44. The van der Waals surface area contributed by atoms with Crippen LogP contribution in [0.2, 0.25) is 0 Å². The highest BCUT2D eigenvalue weighted by Gasteiger charge is 2.09. The molecule has 0 aliphatic heterocycles. The van der Waals surface area contributed by atoms with E-state index < -0.39 is 74.3 Å². The summed E-state index contributed by atoms with van der Waals surface area (Å²) < 4.78 is 12.0. The average molecular weight is 1520 g/mol. The molecule has 0 radical (unpaired) electrons. The van der Waals surface area contributed by atoms with Crippen LogP contribution < -0.4 is 0 Å². The fraction of sp³-hybridized carbons (Fsp3) is 0.111. The molecule has 9 aromatic rings. The van der Waals surface area contributed by atoms with Gasteiger partial charge in [-0.3, -0.25) is 117 Å². The Kier molecular flexibility index (Phi) is 61.0. The first kappa shape index (κ1) is 99.8. The van der Waals surface area contributed by atoms with Gasteiger partial charge in [0.1, 0.15) is 51.1 Å².